The van der Waals surface area contributed by atoms with Crippen LogP contribution in [0.3, 0.4) is 0 Å². The van der Waals surface area contributed by atoms with Gasteiger partial charge in [0, 0.05) is 22.3 Å². The topological polar surface area (TPSA) is 132 Å². The van der Waals surface area contributed by atoms with Gasteiger partial charge in [0.2, 0.25) is 5.78 Å². The Morgan fingerprint density at radius 1 is 1.00 bits per heavy atom. The summed E-state index contributed by atoms with van der Waals surface area (Å²) in [6.45, 7) is 14.5. The van der Waals surface area contributed by atoms with Crippen LogP contribution in [0.4, 0.5) is 0 Å². The van der Waals surface area contributed by atoms with Crippen LogP contribution in [0.1, 0.15) is 112 Å². The Morgan fingerprint density at radius 3 is 2.24 bits per heavy atom. The summed E-state index contributed by atoms with van der Waals surface area (Å²) in [4.78, 5) is 41.3. The van der Waals surface area contributed by atoms with E-state index >= 15 is 0 Å². The summed E-state index contributed by atoms with van der Waals surface area (Å²) in [7, 11) is 0. The molecule has 0 fully saturated rings. The molecule has 0 bridgehead atoms. The monoisotopic (exact) mass is 664 g/mol. The molecule has 0 heterocycles. The van der Waals surface area contributed by atoms with Gasteiger partial charge in [-0.05, 0) is 85.6 Å². The van der Waals surface area contributed by atoms with Crippen molar-refractivity contribution in [2.75, 3.05) is 0 Å². The predicted molar refractivity (Wildman–Crippen MR) is 190 cm³/mol. The highest BCUT2D eigenvalue weighted by atomic mass is 16.3. The number of aromatic hydroxyl groups is 1. The number of hydrogen-bond acceptors (Lipinski definition) is 7. The number of carbonyl (C=O) groups excluding carboxylic acids is 3. The number of Topliss-reactive ketones (excluding diaryl/α,β-unsaturated/α-hetero) is 3. The molecule has 0 saturated carbocycles. The standard InChI is InChI=1S/C42H48O7/c1-21(2)29-18-28(16-12-25-11-15-27(17-25)26-13-9-23(5)10-14-26)35(44)32-30(29)19-40(7)20-41(8)33(22(3)4)36(45)31(24(6)43)38(47)42(41,49)39(48)34(40)37(32)46/h9-10,13-15,17-18,21-22,33,44-45,48-49H,11-12,16,19-20H2,1-8H3/t33?,40-,41-,42+/m1/s1. The van der Waals surface area contributed by atoms with Crippen LogP contribution in [0.5, 0.6) is 5.75 Å². The van der Waals surface area contributed by atoms with Crippen LogP contribution in [0.25, 0.3) is 5.57 Å². The fourth-order valence-electron chi connectivity index (χ4n) is 9.59. The molecule has 0 amide bonds. The first kappa shape index (κ1) is 34.6. The summed E-state index contributed by atoms with van der Waals surface area (Å²) in [5.41, 5.74) is 1.33. The van der Waals surface area contributed by atoms with Crippen LogP contribution in [-0.4, -0.2) is 43.4 Å². The van der Waals surface area contributed by atoms with E-state index in [0.29, 0.717) is 24.0 Å². The Balaban J connectivity index is 1.44. The number of rotatable bonds is 7. The summed E-state index contributed by atoms with van der Waals surface area (Å²) in [6.07, 6.45) is 6.74. The molecule has 2 aromatic carbocycles. The molecule has 1 unspecified atom stereocenters. The number of fused-ring (bicyclic) bond motifs is 3. The number of ketones is 3. The van der Waals surface area contributed by atoms with Gasteiger partial charge < -0.3 is 20.4 Å². The van der Waals surface area contributed by atoms with E-state index in [1.807, 2.05) is 40.7 Å². The number of allylic oxidation sites excluding steroid dienone is 6. The summed E-state index contributed by atoms with van der Waals surface area (Å²) in [6, 6.07) is 10.4. The maximum Gasteiger partial charge on any atom is 0.209 e. The maximum atomic E-state index is 14.7. The van der Waals surface area contributed by atoms with Gasteiger partial charge in [-0.15, -0.1) is 0 Å². The molecule has 4 atom stereocenters. The van der Waals surface area contributed by atoms with Gasteiger partial charge in [-0.25, -0.2) is 0 Å². The highest BCUT2D eigenvalue weighted by molar-refractivity contribution is 6.25. The number of aryl methyl sites for hydroxylation is 2. The number of carbonyl (C=O) groups is 3. The lowest BCUT2D eigenvalue weighted by atomic mass is 9.44. The zero-order chi connectivity index (χ0) is 36.0. The zero-order valence-electron chi connectivity index (χ0n) is 29.8. The second-order valence-corrected chi connectivity index (χ2v) is 16.0. The molecular weight excluding hydrogens is 616 g/mol. The average Bonchev–Trinajstić information content (AvgIpc) is 3.47. The smallest absolute Gasteiger partial charge is 0.209 e. The van der Waals surface area contributed by atoms with Crippen LogP contribution in [0.2, 0.25) is 0 Å². The first-order valence-corrected chi connectivity index (χ1v) is 17.4. The lowest BCUT2D eigenvalue weighted by molar-refractivity contribution is -0.171. The van der Waals surface area contributed by atoms with Crippen molar-refractivity contribution in [3.05, 3.63) is 104 Å². The molecule has 7 heteroatoms. The quantitative estimate of drug-likeness (QED) is 0.220. The van der Waals surface area contributed by atoms with Gasteiger partial charge in [0.1, 0.15) is 22.8 Å². The molecule has 0 saturated heterocycles. The first-order valence-electron chi connectivity index (χ1n) is 17.4. The fourth-order valence-corrected chi connectivity index (χ4v) is 9.59. The molecule has 4 N–H and O–H groups in total. The zero-order valence-corrected chi connectivity index (χ0v) is 29.8. The van der Waals surface area contributed by atoms with E-state index in [9.17, 15) is 34.8 Å². The number of aliphatic hydroxyl groups excluding tert-OH is 2. The van der Waals surface area contributed by atoms with Gasteiger partial charge in [-0.3, -0.25) is 14.4 Å². The molecule has 4 aliphatic rings. The number of aliphatic hydroxyl groups is 3. The van der Waals surface area contributed by atoms with Crippen molar-refractivity contribution in [2.24, 2.45) is 22.7 Å². The molecule has 0 spiro atoms. The Kier molecular flexibility index (Phi) is 8.26. The van der Waals surface area contributed by atoms with E-state index in [-0.39, 0.29) is 47.3 Å². The molecule has 0 aliphatic heterocycles. The minimum absolute atomic E-state index is 0.0185. The van der Waals surface area contributed by atoms with Crippen LogP contribution in [0.15, 0.2) is 70.7 Å². The summed E-state index contributed by atoms with van der Waals surface area (Å²) >= 11 is 0. The SMILES string of the molecule is CC(=O)C1=C(O)C(C(C)C)[C@@]2(C)C[C@@]3(C)Cc4c(C(C)C)cc(CCC5=CC(c6ccc(C)cc6)=CC5)c(O)c4C(=O)C3=C(O)[C@@]2(O)C1=O. The Labute approximate surface area is 288 Å². The largest absolute Gasteiger partial charge is 0.511 e. The third-order valence-corrected chi connectivity index (χ3v) is 11.8. The Bertz CT molecular complexity index is 1940. The summed E-state index contributed by atoms with van der Waals surface area (Å²) in [5, 5.41) is 47.6. The van der Waals surface area contributed by atoms with Gasteiger partial charge in [-0.2, -0.15) is 0 Å². The third-order valence-electron chi connectivity index (χ3n) is 11.8. The van der Waals surface area contributed by atoms with Crippen molar-refractivity contribution >= 4 is 22.9 Å². The molecule has 7 nitrogen and oxygen atoms in total. The van der Waals surface area contributed by atoms with Crippen molar-refractivity contribution in [3.8, 4) is 5.75 Å². The van der Waals surface area contributed by atoms with Crippen LogP contribution < -0.4 is 0 Å². The normalized spacial score (nSPS) is 28.1. The van der Waals surface area contributed by atoms with Crippen molar-refractivity contribution < 1.29 is 34.8 Å². The van der Waals surface area contributed by atoms with Crippen LogP contribution >= 0.6 is 0 Å². The number of phenolic OH excluding ortho intramolecular Hbond substituents is 1. The highest BCUT2D eigenvalue weighted by Gasteiger charge is 2.71. The summed E-state index contributed by atoms with van der Waals surface area (Å²) in [5.74, 6) is -4.92. The third kappa shape index (κ3) is 4.99. The van der Waals surface area contributed by atoms with E-state index in [4.69, 9.17) is 0 Å². The lowest BCUT2D eigenvalue weighted by Gasteiger charge is -2.59. The second kappa shape index (κ2) is 11.7. The van der Waals surface area contributed by atoms with Gasteiger partial charge >= 0.3 is 0 Å². The van der Waals surface area contributed by atoms with Crippen molar-refractivity contribution in [1.82, 2.24) is 0 Å². The number of benzene rings is 2. The van der Waals surface area contributed by atoms with E-state index < -0.39 is 51.0 Å². The predicted octanol–water partition coefficient (Wildman–Crippen LogP) is 8.12. The Hall–Kier alpha value is -4.23. The molecule has 49 heavy (non-hydrogen) atoms. The molecule has 0 radical (unpaired) electrons. The van der Waals surface area contributed by atoms with Crippen molar-refractivity contribution in [1.29, 1.82) is 0 Å². The average molecular weight is 665 g/mol. The lowest BCUT2D eigenvalue weighted by Crippen LogP contribution is -2.67. The van der Waals surface area contributed by atoms with Crippen LogP contribution in [-0.2, 0) is 22.4 Å². The molecule has 0 aromatic heterocycles. The van der Waals surface area contributed by atoms with Crippen molar-refractivity contribution in [3.63, 3.8) is 0 Å². The Morgan fingerprint density at radius 2 is 1.65 bits per heavy atom. The summed E-state index contributed by atoms with van der Waals surface area (Å²) < 4.78 is 0. The number of hydrogen-bond donors (Lipinski definition) is 4. The maximum absolute atomic E-state index is 14.7. The van der Waals surface area contributed by atoms with E-state index in [1.54, 1.807) is 6.92 Å². The second-order valence-electron chi connectivity index (χ2n) is 16.0. The van der Waals surface area contributed by atoms with Crippen molar-refractivity contribution in [2.45, 2.75) is 99.0 Å². The number of phenols is 1. The van der Waals surface area contributed by atoms with Gasteiger partial charge in [0.15, 0.2) is 17.2 Å². The van der Waals surface area contributed by atoms with Crippen LogP contribution in [0, 0.1) is 29.6 Å². The van der Waals surface area contributed by atoms with E-state index in [2.05, 4.69) is 43.3 Å². The van der Waals surface area contributed by atoms with Gasteiger partial charge in [0.25, 0.3) is 0 Å². The van der Waals surface area contributed by atoms with Gasteiger partial charge in [-0.1, -0.05) is 95.2 Å². The molecule has 6 rings (SSSR count). The van der Waals surface area contributed by atoms with Gasteiger partial charge in [0.05, 0.1) is 5.56 Å². The van der Waals surface area contributed by atoms with E-state index in [1.165, 1.54) is 16.7 Å². The minimum Gasteiger partial charge on any atom is -0.511 e. The molecular formula is C42H48O7. The van der Waals surface area contributed by atoms with E-state index in [0.717, 1.165) is 24.5 Å². The molecule has 2 aromatic rings. The molecule has 4 aliphatic carbocycles. The first-order chi connectivity index (χ1) is 22.9. The highest BCUT2D eigenvalue weighted by Crippen LogP contribution is 2.65. The minimum atomic E-state index is -2.62. The molecule has 258 valence electrons. The fraction of sp³-hybridized carbons (Fsp3) is 0.452.